The van der Waals surface area contributed by atoms with Gasteiger partial charge in [0.25, 0.3) is 0 Å². The Hall–Kier alpha value is -0.0400. The summed E-state index contributed by atoms with van der Waals surface area (Å²) in [5.74, 6) is 1.87. The summed E-state index contributed by atoms with van der Waals surface area (Å²) in [5, 5.41) is 4.09. The smallest absolute Gasteiger partial charge is 0.0177 e. The van der Waals surface area contributed by atoms with E-state index in [1.807, 2.05) is 0 Å². The molecule has 0 aromatic rings. The maximum absolute atomic E-state index is 4.09. The zero-order valence-corrected chi connectivity index (χ0v) is 12.1. The molecule has 0 aliphatic heterocycles. The first-order chi connectivity index (χ1) is 7.93. The van der Waals surface area contributed by atoms with E-state index in [0.717, 1.165) is 23.9 Å². The first-order valence-electron chi connectivity index (χ1n) is 7.69. The summed E-state index contributed by atoms with van der Waals surface area (Å²) in [7, 11) is 0. The lowest BCUT2D eigenvalue weighted by molar-refractivity contribution is 0.0938. The summed E-state index contributed by atoms with van der Waals surface area (Å²) < 4.78 is 0. The fourth-order valence-electron chi connectivity index (χ4n) is 5.33. The third kappa shape index (κ3) is 1.69. The number of fused-ring (bicyclic) bond motifs is 2. The van der Waals surface area contributed by atoms with Crippen molar-refractivity contribution in [1.82, 2.24) is 5.32 Å². The Bertz CT molecular complexity index is 304. The van der Waals surface area contributed by atoms with Gasteiger partial charge in [-0.1, -0.05) is 34.1 Å². The zero-order valence-electron chi connectivity index (χ0n) is 12.1. The van der Waals surface area contributed by atoms with Gasteiger partial charge in [-0.15, -0.1) is 0 Å². The van der Waals surface area contributed by atoms with Gasteiger partial charge in [-0.05, 0) is 54.8 Å². The third-order valence-electron chi connectivity index (χ3n) is 6.51. The molecule has 3 unspecified atom stereocenters. The van der Waals surface area contributed by atoms with Gasteiger partial charge >= 0.3 is 0 Å². The van der Waals surface area contributed by atoms with E-state index in [1.54, 1.807) is 0 Å². The maximum atomic E-state index is 4.09. The van der Waals surface area contributed by atoms with Gasteiger partial charge in [-0.25, -0.2) is 0 Å². The molecule has 5 atom stereocenters. The molecular formula is C16H29N. The van der Waals surface area contributed by atoms with Crippen LogP contribution in [0.25, 0.3) is 0 Å². The number of nitrogens with one attached hydrogen (secondary N) is 1. The predicted molar refractivity (Wildman–Crippen MR) is 73.0 cm³/mol. The summed E-state index contributed by atoms with van der Waals surface area (Å²) in [6, 6.07) is 1.56. The standard InChI is InChI=1S/C16H29N/c1-11-6-5-7-13(11)17-14-15(2,3)12-8-9-16(14,4)10-12/h11-14,17H,5-10H2,1-4H3/t11?,12-,13?,14?,16+/m0/s1. The molecule has 3 aliphatic carbocycles. The van der Waals surface area contributed by atoms with Gasteiger partial charge in [-0.3, -0.25) is 0 Å². The lowest BCUT2D eigenvalue weighted by atomic mass is 9.68. The van der Waals surface area contributed by atoms with E-state index >= 15 is 0 Å². The van der Waals surface area contributed by atoms with Gasteiger partial charge < -0.3 is 5.32 Å². The van der Waals surface area contributed by atoms with E-state index < -0.39 is 0 Å². The fourth-order valence-corrected chi connectivity index (χ4v) is 5.33. The van der Waals surface area contributed by atoms with Gasteiger partial charge in [-0.2, -0.15) is 0 Å². The molecule has 1 nitrogen and oxygen atoms in total. The monoisotopic (exact) mass is 235 g/mol. The molecule has 3 fully saturated rings. The molecule has 0 saturated heterocycles. The van der Waals surface area contributed by atoms with Crippen molar-refractivity contribution in [3.05, 3.63) is 0 Å². The molecule has 1 heteroatoms. The van der Waals surface area contributed by atoms with Crippen LogP contribution in [0.3, 0.4) is 0 Å². The van der Waals surface area contributed by atoms with Crippen molar-refractivity contribution in [3.63, 3.8) is 0 Å². The quantitative estimate of drug-likeness (QED) is 0.763. The summed E-state index contributed by atoms with van der Waals surface area (Å²) in [6.07, 6.45) is 8.69. The third-order valence-corrected chi connectivity index (χ3v) is 6.51. The molecule has 17 heavy (non-hydrogen) atoms. The lowest BCUT2D eigenvalue weighted by Crippen LogP contribution is -2.54. The van der Waals surface area contributed by atoms with Gasteiger partial charge in [0.15, 0.2) is 0 Å². The number of hydrogen-bond donors (Lipinski definition) is 1. The van der Waals surface area contributed by atoms with E-state index in [2.05, 4.69) is 33.0 Å². The van der Waals surface area contributed by atoms with E-state index in [1.165, 1.54) is 38.5 Å². The fraction of sp³-hybridized carbons (Fsp3) is 1.00. The lowest BCUT2D eigenvalue weighted by Gasteiger charge is -2.45. The van der Waals surface area contributed by atoms with Crippen molar-refractivity contribution in [2.45, 2.75) is 78.3 Å². The Morgan fingerprint density at radius 2 is 1.82 bits per heavy atom. The summed E-state index contributed by atoms with van der Waals surface area (Å²) >= 11 is 0. The van der Waals surface area contributed by atoms with Gasteiger partial charge in [0, 0.05) is 12.1 Å². The Balaban J connectivity index is 1.77. The van der Waals surface area contributed by atoms with Crippen molar-refractivity contribution in [2.75, 3.05) is 0 Å². The molecule has 0 aromatic carbocycles. The maximum Gasteiger partial charge on any atom is 0.0177 e. The summed E-state index contributed by atoms with van der Waals surface area (Å²) in [5.41, 5.74) is 1.12. The minimum Gasteiger partial charge on any atom is -0.310 e. The second-order valence-corrected chi connectivity index (χ2v) is 8.03. The van der Waals surface area contributed by atoms with Crippen LogP contribution in [-0.4, -0.2) is 12.1 Å². The minimum atomic E-state index is 0.523. The van der Waals surface area contributed by atoms with Gasteiger partial charge in [0.1, 0.15) is 0 Å². The molecule has 0 heterocycles. The Labute approximate surface area is 107 Å². The van der Waals surface area contributed by atoms with Crippen molar-refractivity contribution < 1.29 is 0 Å². The SMILES string of the molecule is CC1CCCC1NC1C(C)(C)[C@H]2CC[C@]1(C)C2. The molecular weight excluding hydrogens is 206 g/mol. The Kier molecular flexibility index (Phi) is 2.63. The van der Waals surface area contributed by atoms with E-state index in [-0.39, 0.29) is 0 Å². The molecule has 2 bridgehead atoms. The van der Waals surface area contributed by atoms with Gasteiger partial charge in [0.2, 0.25) is 0 Å². The van der Waals surface area contributed by atoms with E-state index in [0.29, 0.717) is 10.8 Å². The second-order valence-electron chi connectivity index (χ2n) is 8.03. The Morgan fingerprint density at radius 1 is 1.06 bits per heavy atom. The van der Waals surface area contributed by atoms with Crippen LogP contribution in [0.2, 0.25) is 0 Å². The molecule has 3 aliphatic rings. The van der Waals surface area contributed by atoms with Crippen LogP contribution in [-0.2, 0) is 0 Å². The molecule has 0 aromatic heterocycles. The highest BCUT2D eigenvalue weighted by Crippen LogP contribution is 2.62. The molecule has 0 radical (unpaired) electrons. The number of hydrogen-bond acceptors (Lipinski definition) is 1. The molecule has 3 saturated carbocycles. The van der Waals surface area contributed by atoms with Crippen molar-refractivity contribution in [2.24, 2.45) is 22.7 Å². The molecule has 0 spiro atoms. The van der Waals surface area contributed by atoms with Crippen molar-refractivity contribution in [3.8, 4) is 0 Å². The van der Waals surface area contributed by atoms with Crippen LogP contribution < -0.4 is 5.32 Å². The average Bonchev–Trinajstić information content (AvgIpc) is 2.85. The molecule has 98 valence electrons. The summed E-state index contributed by atoms with van der Waals surface area (Å²) in [4.78, 5) is 0. The van der Waals surface area contributed by atoms with Crippen molar-refractivity contribution >= 4 is 0 Å². The van der Waals surface area contributed by atoms with E-state index in [4.69, 9.17) is 0 Å². The highest BCUT2D eigenvalue weighted by Gasteiger charge is 2.59. The normalized spacial score (nSPS) is 52.2. The van der Waals surface area contributed by atoms with Crippen LogP contribution in [0.4, 0.5) is 0 Å². The average molecular weight is 235 g/mol. The van der Waals surface area contributed by atoms with Gasteiger partial charge in [0.05, 0.1) is 0 Å². The first kappa shape index (κ1) is 12.0. The zero-order chi connectivity index (χ0) is 12.3. The minimum absolute atomic E-state index is 0.523. The first-order valence-corrected chi connectivity index (χ1v) is 7.69. The largest absolute Gasteiger partial charge is 0.310 e. The van der Waals surface area contributed by atoms with Crippen LogP contribution in [0.1, 0.15) is 66.2 Å². The molecule has 0 amide bonds. The Morgan fingerprint density at radius 3 is 2.35 bits per heavy atom. The highest BCUT2D eigenvalue weighted by atomic mass is 15.0. The van der Waals surface area contributed by atoms with Crippen LogP contribution in [0.15, 0.2) is 0 Å². The predicted octanol–water partition coefficient (Wildman–Crippen LogP) is 3.98. The van der Waals surface area contributed by atoms with Crippen LogP contribution in [0, 0.1) is 22.7 Å². The van der Waals surface area contributed by atoms with Crippen molar-refractivity contribution in [1.29, 1.82) is 0 Å². The van der Waals surface area contributed by atoms with Crippen LogP contribution >= 0.6 is 0 Å². The topological polar surface area (TPSA) is 12.0 Å². The van der Waals surface area contributed by atoms with E-state index in [9.17, 15) is 0 Å². The van der Waals surface area contributed by atoms with Crippen LogP contribution in [0.5, 0.6) is 0 Å². The second kappa shape index (κ2) is 3.73. The molecule has 3 rings (SSSR count). The summed E-state index contributed by atoms with van der Waals surface area (Å²) in [6.45, 7) is 10.0. The number of rotatable bonds is 2. The molecule has 1 N–H and O–H groups in total. The highest BCUT2D eigenvalue weighted by molar-refractivity contribution is 5.12.